The molecule has 4 heteroatoms. The third kappa shape index (κ3) is 3.21. The van der Waals surface area contributed by atoms with E-state index in [0.717, 1.165) is 25.7 Å². The van der Waals surface area contributed by atoms with Gasteiger partial charge < -0.3 is 15.5 Å². The van der Waals surface area contributed by atoms with E-state index in [1.165, 1.54) is 18.2 Å². The molecule has 2 rings (SSSR count). The van der Waals surface area contributed by atoms with Crippen LogP contribution in [0.3, 0.4) is 0 Å². The molecule has 3 nitrogen and oxygen atoms in total. The van der Waals surface area contributed by atoms with Gasteiger partial charge in [0.2, 0.25) is 0 Å². The highest BCUT2D eigenvalue weighted by atomic mass is 19.1. The molecule has 100 valence electrons. The van der Waals surface area contributed by atoms with Crippen molar-refractivity contribution in [3.05, 3.63) is 29.6 Å². The van der Waals surface area contributed by atoms with Gasteiger partial charge in [0, 0.05) is 17.6 Å². The van der Waals surface area contributed by atoms with Crippen LogP contribution in [0.15, 0.2) is 18.2 Å². The molecular weight excluding hydrogens is 233 g/mol. The van der Waals surface area contributed by atoms with Gasteiger partial charge in [-0.1, -0.05) is 0 Å². The average Bonchev–Trinajstić information content (AvgIpc) is 2.32. The van der Waals surface area contributed by atoms with Crippen molar-refractivity contribution in [2.75, 3.05) is 0 Å². The summed E-state index contributed by atoms with van der Waals surface area (Å²) in [7, 11) is 0. The molecule has 0 spiro atoms. The zero-order valence-electron chi connectivity index (χ0n) is 10.6. The van der Waals surface area contributed by atoms with Crippen molar-refractivity contribution >= 4 is 0 Å². The molecule has 18 heavy (non-hydrogen) atoms. The van der Waals surface area contributed by atoms with Crippen molar-refractivity contribution in [1.82, 2.24) is 5.32 Å². The molecule has 1 aliphatic carbocycles. The van der Waals surface area contributed by atoms with Gasteiger partial charge in [-0.3, -0.25) is 0 Å². The van der Waals surface area contributed by atoms with Crippen molar-refractivity contribution in [1.29, 1.82) is 0 Å². The molecule has 3 atom stereocenters. The minimum Gasteiger partial charge on any atom is -0.508 e. The first-order valence-corrected chi connectivity index (χ1v) is 6.49. The fraction of sp³-hybridized carbons (Fsp3) is 0.571. The number of aliphatic hydroxyl groups is 1. The maximum absolute atomic E-state index is 13.2. The molecule has 1 aromatic rings. The van der Waals surface area contributed by atoms with Crippen molar-refractivity contribution in [2.45, 2.75) is 50.8 Å². The van der Waals surface area contributed by atoms with Gasteiger partial charge in [0.15, 0.2) is 0 Å². The van der Waals surface area contributed by atoms with Gasteiger partial charge in [0.25, 0.3) is 0 Å². The summed E-state index contributed by atoms with van der Waals surface area (Å²) in [5, 5.41) is 22.7. The van der Waals surface area contributed by atoms with Crippen LogP contribution in [0.4, 0.5) is 4.39 Å². The van der Waals surface area contributed by atoms with Crippen molar-refractivity contribution < 1.29 is 14.6 Å². The van der Waals surface area contributed by atoms with Crippen LogP contribution < -0.4 is 5.32 Å². The van der Waals surface area contributed by atoms with Crippen molar-refractivity contribution in [2.24, 2.45) is 0 Å². The molecule has 1 aromatic carbocycles. The summed E-state index contributed by atoms with van der Waals surface area (Å²) in [5.74, 6) is -0.243. The Morgan fingerprint density at radius 3 is 2.89 bits per heavy atom. The van der Waals surface area contributed by atoms with Crippen LogP contribution in [0.5, 0.6) is 5.75 Å². The average molecular weight is 253 g/mol. The molecule has 0 amide bonds. The lowest BCUT2D eigenvalue weighted by Gasteiger charge is -2.29. The van der Waals surface area contributed by atoms with Gasteiger partial charge in [0.05, 0.1) is 6.10 Å². The number of rotatable bonds is 3. The van der Waals surface area contributed by atoms with Crippen LogP contribution in [-0.2, 0) is 0 Å². The van der Waals surface area contributed by atoms with Gasteiger partial charge in [-0.25, -0.2) is 4.39 Å². The van der Waals surface area contributed by atoms with E-state index in [9.17, 15) is 14.6 Å². The van der Waals surface area contributed by atoms with E-state index in [2.05, 4.69) is 5.32 Å². The Morgan fingerprint density at radius 2 is 2.17 bits per heavy atom. The highest BCUT2D eigenvalue weighted by Crippen LogP contribution is 2.27. The fourth-order valence-corrected chi connectivity index (χ4v) is 2.63. The van der Waals surface area contributed by atoms with Crippen LogP contribution in [0, 0.1) is 5.82 Å². The highest BCUT2D eigenvalue weighted by Gasteiger charge is 2.22. The van der Waals surface area contributed by atoms with Crippen LogP contribution in [0.2, 0.25) is 0 Å². The lowest BCUT2D eigenvalue weighted by Crippen LogP contribution is -2.37. The molecule has 3 N–H and O–H groups in total. The predicted octanol–water partition coefficient (Wildman–Crippen LogP) is 2.49. The monoisotopic (exact) mass is 253 g/mol. The van der Waals surface area contributed by atoms with Crippen LogP contribution in [0.1, 0.15) is 44.2 Å². The smallest absolute Gasteiger partial charge is 0.123 e. The van der Waals surface area contributed by atoms with E-state index in [4.69, 9.17) is 0 Å². The second-order valence-corrected chi connectivity index (χ2v) is 5.11. The lowest BCUT2D eigenvalue weighted by molar-refractivity contribution is 0.109. The minimum absolute atomic E-state index is 0.104. The number of halogens is 1. The summed E-state index contributed by atoms with van der Waals surface area (Å²) in [5.41, 5.74) is 0.565. The predicted molar refractivity (Wildman–Crippen MR) is 67.9 cm³/mol. The SMILES string of the molecule is CC(NC1CCCC(O)C1)c1cc(F)ccc1O. The van der Waals surface area contributed by atoms with Gasteiger partial charge in [0.1, 0.15) is 11.6 Å². The normalized spacial score (nSPS) is 25.9. The summed E-state index contributed by atoms with van der Waals surface area (Å²) in [6, 6.07) is 4.07. The number of nitrogens with one attached hydrogen (secondary N) is 1. The third-order valence-corrected chi connectivity index (χ3v) is 3.59. The molecule has 3 unspecified atom stereocenters. The first kappa shape index (κ1) is 13.3. The number of aromatic hydroxyl groups is 1. The molecule has 0 radical (unpaired) electrons. The van der Waals surface area contributed by atoms with Gasteiger partial charge in [-0.15, -0.1) is 0 Å². The van der Waals surface area contributed by atoms with Crippen molar-refractivity contribution in [3.8, 4) is 5.75 Å². The Morgan fingerprint density at radius 1 is 1.39 bits per heavy atom. The minimum atomic E-state index is -0.347. The van der Waals surface area contributed by atoms with Crippen LogP contribution in [0.25, 0.3) is 0 Å². The van der Waals surface area contributed by atoms with E-state index >= 15 is 0 Å². The second kappa shape index (κ2) is 5.67. The molecule has 1 aliphatic rings. The second-order valence-electron chi connectivity index (χ2n) is 5.11. The molecule has 0 aliphatic heterocycles. The fourth-order valence-electron chi connectivity index (χ4n) is 2.63. The number of aliphatic hydroxyl groups excluding tert-OH is 1. The molecular formula is C14H20FNO2. The standard InChI is InChI=1S/C14H20FNO2/c1-9(13-7-10(15)5-6-14(13)18)16-11-3-2-4-12(17)8-11/h5-7,9,11-12,16-18H,2-4,8H2,1H3. The Hall–Kier alpha value is -1.13. The Kier molecular flexibility index (Phi) is 4.19. The van der Waals surface area contributed by atoms with Crippen LogP contribution >= 0.6 is 0 Å². The summed E-state index contributed by atoms with van der Waals surface area (Å²) >= 11 is 0. The van der Waals surface area contributed by atoms with Gasteiger partial charge in [-0.2, -0.15) is 0 Å². The topological polar surface area (TPSA) is 52.5 Å². The summed E-state index contributed by atoms with van der Waals surface area (Å²) in [6.45, 7) is 1.90. The maximum atomic E-state index is 13.2. The molecule has 1 saturated carbocycles. The number of hydrogen-bond donors (Lipinski definition) is 3. The number of phenols is 1. The molecule has 0 bridgehead atoms. The third-order valence-electron chi connectivity index (χ3n) is 3.59. The summed E-state index contributed by atoms with van der Waals surface area (Å²) in [4.78, 5) is 0. The highest BCUT2D eigenvalue weighted by molar-refractivity contribution is 5.34. The summed E-state index contributed by atoms with van der Waals surface area (Å²) in [6.07, 6.45) is 3.35. The molecule has 0 heterocycles. The first-order chi connectivity index (χ1) is 8.56. The molecule has 1 fully saturated rings. The zero-order valence-corrected chi connectivity index (χ0v) is 10.6. The van der Waals surface area contributed by atoms with E-state index in [1.54, 1.807) is 0 Å². The van der Waals surface area contributed by atoms with Crippen LogP contribution in [-0.4, -0.2) is 22.4 Å². The van der Waals surface area contributed by atoms with Crippen molar-refractivity contribution in [3.63, 3.8) is 0 Å². The maximum Gasteiger partial charge on any atom is 0.123 e. The van der Waals surface area contributed by atoms with E-state index < -0.39 is 0 Å². The number of hydrogen-bond acceptors (Lipinski definition) is 3. The Labute approximate surface area is 107 Å². The number of benzene rings is 1. The number of phenolic OH excluding ortho intramolecular Hbond substituents is 1. The molecule has 0 aromatic heterocycles. The van der Waals surface area contributed by atoms with E-state index in [1.807, 2.05) is 6.92 Å². The largest absolute Gasteiger partial charge is 0.508 e. The lowest BCUT2D eigenvalue weighted by atomic mass is 9.92. The zero-order chi connectivity index (χ0) is 13.1. The van der Waals surface area contributed by atoms with Gasteiger partial charge >= 0.3 is 0 Å². The Bertz CT molecular complexity index is 411. The quantitative estimate of drug-likeness (QED) is 0.775. The van der Waals surface area contributed by atoms with E-state index in [-0.39, 0.29) is 29.8 Å². The summed E-state index contributed by atoms with van der Waals surface area (Å²) < 4.78 is 13.2. The first-order valence-electron chi connectivity index (χ1n) is 6.49. The molecule has 0 saturated heterocycles. The van der Waals surface area contributed by atoms with E-state index in [0.29, 0.717) is 5.56 Å². The Balaban J connectivity index is 2.02. The van der Waals surface area contributed by atoms with Gasteiger partial charge in [-0.05, 0) is 50.8 Å².